The molecule has 0 saturated carbocycles. The van der Waals surface area contributed by atoms with E-state index in [2.05, 4.69) is 24.4 Å². The van der Waals surface area contributed by atoms with Crippen LogP contribution < -0.4 is 11.2 Å². The maximum atomic E-state index is 11.9. The van der Waals surface area contributed by atoms with E-state index < -0.39 is 34.6 Å². The zero-order chi connectivity index (χ0) is 15.7. The topological polar surface area (TPSA) is 133 Å². The minimum absolute atomic E-state index is 0.226. The van der Waals surface area contributed by atoms with E-state index in [-0.39, 0.29) is 11.2 Å². The Morgan fingerprint density at radius 1 is 1.05 bits per heavy atom. The summed E-state index contributed by atoms with van der Waals surface area (Å²) in [6.07, 6.45) is 0. The van der Waals surface area contributed by atoms with Gasteiger partial charge in [-0.2, -0.15) is 0 Å². The number of hydrogen-bond donors (Lipinski definition) is 1. The summed E-state index contributed by atoms with van der Waals surface area (Å²) in [6, 6.07) is 0. The number of aromatic nitrogens is 4. The zero-order valence-corrected chi connectivity index (χ0v) is 11.3. The highest BCUT2D eigenvalue weighted by Crippen LogP contribution is 2.10. The first-order chi connectivity index (χ1) is 9.90. The number of carbonyl (C=O) groups is 2. The van der Waals surface area contributed by atoms with Crippen molar-refractivity contribution in [3.8, 4) is 0 Å². The van der Waals surface area contributed by atoms with E-state index in [1.165, 1.54) is 7.05 Å². The third-order valence-electron chi connectivity index (χ3n) is 2.69. The summed E-state index contributed by atoms with van der Waals surface area (Å²) >= 11 is 0. The van der Waals surface area contributed by atoms with Crippen molar-refractivity contribution in [2.75, 3.05) is 14.2 Å². The van der Waals surface area contributed by atoms with E-state index in [1.807, 2.05) is 0 Å². The zero-order valence-electron chi connectivity index (χ0n) is 11.3. The van der Waals surface area contributed by atoms with Gasteiger partial charge in [0.25, 0.3) is 5.56 Å². The van der Waals surface area contributed by atoms with Crippen LogP contribution in [0.4, 0.5) is 0 Å². The minimum Gasteiger partial charge on any atom is -0.464 e. The predicted molar refractivity (Wildman–Crippen MR) is 68.1 cm³/mol. The summed E-state index contributed by atoms with van der Waals surface area (Å²) in [7, 11) is 3.40. The number of aromatic amines is 1. The molecule has 0 radical (unpaired) electrons. The van der Waals surface area contributed by atoms with Crippen LogP contribution in [0.1, 0.15) is 21.0 Å². The standard InChI is InChI=1S/C11H10N4O6/c1-15-8(16)6-7(14-11(15)19)13-5(10(18)21-3)4(12-6)9(17)20-2/h1-3H3,(H,13,14,19). The van der Waals surface area contributed by atoms with Crippen LogP contribution in [0.5, 0.6) is 0 Å². The Morgan fingerprint density at radius 3 is 2.10 bits per heavy atom. The van der Waals surface area contributed by atoms with E-state index >= 15 is 0 Å². The molecular formula is C11H10N4O6. The number of H-pyrrole nitrogens is 1. The molecule has 2 heterocycles. The average Bonchev–Trinajstić information content (AvgIpc) is 2.50. The van der Waals surface area contributed by atoms with Gasteiger partial charge in [-0.15, -0.1) is 0 Å². The van der Waals surface area contributed by atoms with Crippen molar-refractivity contribution in [3.63, 3.8) is 0 Å². The predicted octanol–water partition coefficient (Wildman–Crippen LogP) is -1.41. The van der Waals surface area contributed by atoms with Crippen LogP contribution in [0, 0.1) is 0 Å². The molecule has 2 aromatic rings. The fourth-order valence-corrected chi connectivity index (χ4v) is 1.59. The molecule has 0 unspecified atom stereocenters. The Balaban J connectivity index is 2.93. The lowest BCUT2D eigenvalue weighted by Crippen LogP contribution is -2.34. The highest BCUT2D eigenvalue weighted by atomic mass is 16.5. The van der Waals surface area contributed by atoms with Gasteiger partial charge in [0.2, 0.25) is 0 Å². The van der Waals surface area contributed by atoms with Gasteiger partial charge in [-0.1, -0.05) is 0 Å². The lowest BCUT2D eigenvalue weighted by atomic mass is 10.3. The fraction of sp³-hybridized carbons (Fsp3) is 0.273. The van der Waals surface area contributed by atoms with Crippen LogP contribution in [0.2, 0.25) is 0 Å². The molecule has 110 valence electrons. The number of esters is 2. The van der Waals surface area contributed by atoms with Gasteiger partial charge in [-0.05, 0) is 0 Å². The number of hydrogen-bond acceptors (Lipinski definition) is 8. The Kier molecular flexibility index (Phi) is 3.52. The van der Waals surface area contributed by atoms with Gasteiger partial charge >= 0.3 is 17.6 Å². The minimum atomic E-state index is -0.960. The van der Waals surface area contributed by atoms with E-state index in [0.717, 1.165) is 18.8 Å². The first-order valence-corrected chi connectivity index (χ1v) is 5.58. The van der Waals surface area contributed by atoms with Crippen LogP contribution in [0.15, 0.2) is 9.59 Å². The summed E-state index contributed by atoms with van der Waals surface area (Å²) in [5.41, 5.74) is -2.92. The van der Waals surface area contributed by atoms with Crippen molar-refractivity contribution in [1.29, 1.82) is 0 Å². The van der Waals surface area contributed by atoms with Gasteiger partial charge in [0.05, 0.1) is 14.2 Å². The third-order valence-corrected chi connectivity index (χ3v) is 2.69. The Labute approximate surface area is 116 Å². The summed E-state index contributed by atoms with van der Waals surface area (Å²) in [5.74, 6) is -1.91. The maximum Gasteiger partial charge on any atom is 0.359 e. The number of nitrogens with one attached hydrogen (secondary N) is 1. The maximum absolute atomic E-state index is 11.9. The molecule has 0 aliphatic heterocycles. The van der Waals surface area contributed by atoms with Gasteiger partial charge in [0.15, 0.2) is 22.6 Å². The largest absolute Gasteiger partial charge is 0.464 e. The van der Waals surface area contributed by atoms with Crippen molar-refractivity contribution in [1.82, 2.24) is 19.5 Å². The van der Waals surface area contributed by atoms with E-state index in [9.17, 15) is 19.2 Å². The molecule has 0 fully saturated rings. The summed E-state index contributed by atoms with van der Waals surface area (Å²) < 4.78 is 9.72. The van der Waals surface area contributed by atoms with Gasteiger partial charge in [0.1, 0.15) is 0 Å². The van der Waals surface area contributed by atoms with Crippen molar-refractivity contribution >= 4 is 23.1 Å². The Morgan fingerprint density at radius 2 is 1.57 bits per heavy atom. The molecule has 2 aromatic heterocycles. The monoisotopic (exact) mass is 294 g/mol. The molecule has 0 spiro atoms. The SMILES string of the molecule is COC(=O)c1nc2[nH]c(=O)n(C)c(=O)c2nc1C(=O)OC. The fourth-order valence-electron chi connectivity index (χ4n) is 1.59. The van der Waals surface area contributed by atoms with Gasteiger partial charge in [-0.25, -0.2) is 24.4 Å². The van der Waals surface area contributed by atoms with Crippen LogP contribution in [0.3, 0.4) is 0 Å². The molecule has 0 atom stereocenters. The molecule has 1 N–H and O–H groups in total. The normalized spacial score (nSPS) is 10.4. The second-order valence-corrected chi connectivity index (χ2v) is 3.90. The number of nitrogens with zero attached hydrogens (tertiary/aromatic N) is 3. The van der Waals surface area contributed by atoms with Gasteiger partial charge in [0, 0.05) is 7.05 Å². The number of rotatable bonds is 2. The molecule has 0 bridgehead atoms. The Hall–Kier alpha value is -3.04. The lowest BCUT2D eigenvalue weighted by Gasteiger charge is -2.06. The van der Waals surface area contributed by atoms with E-state index in [1.54, 1.807) is 0 Å². The second-order valence-electron chi connectivity index (χ2n) is 3.90. The average molecular weight is 294 g/mol. The van der Waals surface area contributed by atoms with Crippen LogP contribution in [-0.2, 0) is 16.5 Å². The molecular weight excluding hydrogens is 284 g/mol. The van der Waals surface area contributed by atoms with E-state index in [4.69, 9.17) is 0 Å². The first-order valence-electron chi connectivity index (χ1n) is 5.58. The van der Waals surface area contributed by atoms with Crippen LogP contribution in [0.25, 0.3) is 11.2 Å². The second kappa shape index (κ2) is 5.15. The van der Waals surface area contributed by atoms with E-state index in [0.29, 0.717) is 0 Å². The molecule has 0 aliphatic rings. The molecule has 10 heteroatoms. The number of ether oxygens (including phenoxy) is 2. The number of fused-ring (bicyclic) bond motifs is 1. The summed E-state index contributed by atoms with van der Waals surface area (Å²) in [4.78, 5) is 56.5. The summed E-state index contributed by atoms with van der Waals surface area (Å²) in [6.45, 7) is 0. The first kappa shape index (κ1) is 14.4. The van der Waals surface area contributed by atoms with Crippen molar-refractivity contribution in [2.24, 2.45) is 7.05 Å². The number of methoxy groups -OCH3 is 2. The molecule has 0 aromatic carbocycles. The lowest BCUT2D eigenvalue weighted by molar-refractivity contribution is 0.0545. The summed E-state index contributed by atoms with van der Waals surface area (Å²) in [5, 5.41) is 0. The molecule has 0 saturated heterocycles. The third kappa shape index (κ3) is 2.26. The molecule has 10 nitrogen and oxygen atoms in total. The molecule has 0 amide bonds. The quantitative estimate of drug-likeness (QED) is 0.668. The van der Waals surface area contributed by atoms with Gasteiger partial charge < -0.3 is 9.47 Å². The highest BCUT2D eigenvalue weighted by molar-refractivity contribution is 6.01. The van der Waals surface area contributed by atoms with Crippen molar-refractivity contribution < 1.29 is 19.1 Å². The van der Waals surface area contributed by atoms with Crippen LogP contribution >= 0.6 is 0 Å². The van der Waals surface area contributed by atoms with Crippen LogP contribution in [-0.4, -0.2) is 45.7 Å². The highest BCUT2D eigenvalue weighted by Gasteiger charge is 2.24. The molecule has 21 heavy (non-hydrogen) atoms. The molecule has 2 rings (SSSR count). The van der Waals surface area contributed by atoms with Crippen molar-refractivity contribution in [2.45, 2.75) is 0 Å². The smallest absolute Gasteiger partial charge is 0.359 e. The van der Waals surface area contributed by atoms with Crippen molar-refractivity contribution in [3.05, 3.63) is 32.2 Å². The number of carbonyl (C=O) groups excluding carboxylic acids is 2. The van der Waals surface area contributed by atoms with Gasteiger partial charge in [-0.3, -0.25) is 14.3 Å². The Bertz CT molecular complexity index is 865. The molecule has 0 aliphatic carbocycles.